The van der Waals surface area contributed by atoms with Crippen LogP contribution in [0.25, 0.3) is 0 Å². The number of carbonyl (C=O) groups excluding carboxylic acids is 2. The Bertz CT molecular complexity index is 1180. The van der Waals surface area contributed by atoms with Gasteiger partial charge in [-0.1, -0.05) is 37.3 Å². The number of nitrogens with two attached hydrogens (primary N) is 1. The van der Waals surface area contributed by atoms with Crippen LogP contribution in [0.3, 0.4) is 0 Å². The van der Waals surface area contributed by atoms with E-state index in [0.717, 1.165) is 16.7 Å². The summed E-state index contributed by atoms with van der Waals surface area (Å²) in [5, 5.41) is 0. The molecule has 2 unspecified atom stereocenters. The summed E-state index contributed by atoms with van der Waals surface area (Å²) in [7, 11) is 0. The monoisotopic (exact) mass is 442 g/mol. The number of hydrogen-bond acceptors (Lipinski definition) is 4. The number of aromatic nitrogens is 1. The van der Waals surface area contributed by atoms with E-state index in [1.54, 1.807) is 17.3 Å². The standard InChI is InChI=1S/C27H28N3O3/c1-18(31)30-23-16-21(33-17-19-12-14-29-15-13-19)10-11-22(23)27(4,20-8-6-5-7-9-20)24(25(28)32)26(30,2)3/h5-9,11-16,24H,17H2,1-4H3,(H2,28,32). The SMILES string of the molecule is CC(=O)N1c2cc(OCc3ccncc3)[c]cc2C(C)(c2ccccc2)C(C(N)=O)C1(C)C. The maximum absolute atomic E-state index is 12.9. The Hall–Kier alpha value is -3.67. The summed E-state index contributed by atoms with van der Waals surface area (Å²) in [6.07, 6.45) is 3.43. The van der Waals surface area contributed by atoms with E-state index in [1.165, 1.54) is 6.92 Å². The maximum atomic E-state index is 12.9. The molecule has 6 heteroatoms. The molecule has 3 aromatic rings. The quantitative estimate of drug-likeness (QED) is 0.647. The van der Waals surface area contributed by atoms with Crippen molar-refractivity contribution in [1.29, 1.82) is 0 Å². The summed E-state index contributed by atoms with van der Waals surface area (Å²) in [6.45, 7) is 7.65. The van der Waals surface area contributed by atoms with Gasteiger partial charge in [-0.3, -0.25) is 14.6 Å². The molecule has 169 valence electrons. The van der Waals surface area contributed by atoms with E-state index in [4.69, 9.17) is 10.5 Å². The third kappa shape index (κ3) is 3.75. The Kier molecular flexibility index (Phi) is 5.70. The predicted molar refractivity (Wildman–Crippen MR) is 127 cm³/mol. The Morgan fingerprint density at radius 1 is 1.12 bits per heavy atom. The number of carbonyl (C=O) groups is 2. The second-order valence-corrected chi connectivity index (χ2v) is 9.15. The van der Waals surface area contributed by atoms with Crippen molar-refractivity contribution < 1.29 is 14.3 Å². The first-order chi connectivity index (χ1) is 15.7. The number of pyridine rings is 1. The normalized spacial score (nSPS) is 21.2. The first kappa shape index (κ1) is 22.5. The van der Waals surface area contributed by atoms with E-state index in [0.29, 0.717) is 18.0 Å². The second kappa shape index (κ2) is 8.35. The Morgan fingerprint density at radius 3 is 2.39 bits per heavy atom. The number of hydrogen-bond donors (Lipinski definition) is 1. The van der Waals surface area contributed by atoms with Crippen molar-refractivity contribution >= 4 is 17.5 Å². The van der Waals surface area contributed by atoms with Gasteiger partial charge in [0.2, 0.25) is 11.8 Å². The van der Waals surface area contributed by atoms with Crippen LogP contribution in [0.4, 0.5) is 5.69 Å². The molecular weight excluding hydrogens is 414 g/mol. The fourth-order valence-corrected chi connectivity index (χ4v) is 5.40. The number of nitrogens with zero attached hydrogens (tertiary/aromatic N) is 2. The molecule has 1 aromatic heterocycles. The third-order valence-electron chi connectivity index (χ3n) is 6.68. The minimum Gasteiger partial charge on any atom is -0.488 e. The van der Waals surface area contributed by atoms with Gasteiger partial charge in [-0.25, -0.2) is 0 Å². The molecule has 33 heavy (non-hydrogen) atoms. The van der Waals surface area contributed by atoms with Crippen LogP contribution >= 0.6 is 0 Å². The van der Waals surface area contributed by atoms with Gasteiger partial charge in [-0.05, 0) is 48.7 Å². The summed E-state index contributed by atoms with van der Waals surface area (Å²) >= 11 is 0. The number of amides is 2. The summed E-state index contributed by atoms with van der Waals surface area (Å²) in [6, 6.07) is 20.4. The molecule has 2 amide bonds. The Morgan fingerprint density at radius 2 is 1.79 bits per heavy atom. The average Bonchev–Trinajstić information content (AvgIpc) is 2.77. The minimum atomic E-state index is -0.876. The van der Waals surface area contributed by atoms with Gasteiger partial charge in [0.25, 0.3) is 0 Å². The van der Waals surface area contributed by atoms with Gasteiger partial charge in [0.15, 0.2) is 0 Å². The number of ether oxygens (including phenoxy) is 1. The molecular formula is C27H28N3O3. The number of anilines is 1. The first-order valence-corrected chi connectivity index (χ1v) is 10.9. The summed E-state index contributed by atoms with van der Waals surface area (Å²) in [4.78, 5) is 31.5. The van der Waals surface area contributed by atoms with Crippen molar-refractivity contribution in [2.75, 3.05) is 4.90 Å². The van der Waals surface area contributed by atoms with Gasteiger partial charge in [0.1, 0.15) is 12.4 Å². The largest absolute Gasteiger partial charge is 0.488 e. The fraction of sp³-hybridized carbons (Fsp3) is 0.296. The molecule has 0 saturated carbocycles. The van der Waals surface area contributed by atoms with Crippen LogP contribution in [0.2, 0.25) is 0 Å². The predicted octanol–water partition coefficient (Wildman–Crippen LogP) is 4.01. The van der Waals surface area contributed by atoms with E-state index < -0.39 is 22.8 Å². The van der Waals surface area contributed by atoms with E-state index in [-0.39, 0.29) is 5.91 Å². The van der Waals surface area contributed by atoms with Gasteiger partial charge in [0.05, 0.1) is 17.1 Å². The number of primary amides is 1. The van der Waals surface area contributed by atoms with Crippen molar-refractivity contribution in [3.8, 4) is 5.75 Å². The molecule has 0 spiro atoms. The molecule has 0 bridgehead atoms. The lowest BCUT2D eigenvalue weighted by molar-refractivity contribution is -0.127. The summed E-state index contributed by atoms with van der Waals surface area (Å²) < 4.78 is 5.99. The lowest BCUT2D eigenvalue weighted by Gasteiger charge is -2.55. The second-order valence-electron chi connectivity index (χ2n) is 9.15. The van der Waals surface area contributed by atoms with Gasteiger partial charge < -0.3 is 15.4 Å². The van der Waals surface area contributed by atoms with Crippen LogP contribution < -0.4 is 15.4 Å². The van der Waals surface area contributed by atoms with E-state index in [2.05, 4.69) is 11.1 Å². The average molecular weight is 443 g/mol. The van der Waals surface area contributed by atoms with E-state index >= 15 is 0 Å². The zero-order chi connectivity index (χ0) is 23.8. The topological polar surface area (TPSA) is 85.5 Å². The smallest absolute Gasteiger partial charge is 0.224 e. The van der Waals surface area contributed by atoms with Crippen LogP contribution in [0.1, 0.15) is 44.4 Å². The lowest BCUT2D eigenvalue weighted by Crippen LogP contribution is -2.65. The fourth-order valence-electron chi connectivity index (χ4n) is 5.40. The van der Waals surface area contributed by atoms with E-state index in [1.807, 2.05) is 75.4 Å². The van der Waals surface area contributed by atoms with Crippen LogP contribution in [-0.2, 0) is 21.6 Å². The van der Waals surface area contributed by atoms with Crippen molar-refractivity contribution in [3.05, 3.63) is 89.7 Å². The van der Waals surface area contributed by atoms with Gasteiger partial charge in [-0.15, -0.1) is 0 Å². The maximum Gasteiger partial charge on any atom is 0.224 e. The molecule has 4 rings (SSSR count). The van der Waals surface area contributed by atoms with Gasteiger partial charge >= 0.3 is 0 Å². The van der Waals surface area contributed by atoms with Crippen molar-refractivity contribution in [2.24, 2.45) is 11.7 Å². The molecule has 0 fully saturated rings. The minimum absolute atomic E-state index is 0.172. The highest BCUT2D eigenvalue weighted by Gasteiger charge is 2.57. The number of fused-ring (bicyclic) bond motifs is 1. The molecule has 0 aliphatic carbocycles. The molecule has 1 radical (unpaired) electrons. The first-order valence-electron chi connectivity index (χ1n) is 10.9. The number of rotatable bonds is 5. The van der Waals surface area contributed by atoms with Gasteiger partial charge in [-0.2, -0.15) is 0 Å². The Balaban J connectivity index is 1.89. The van der Waals surface area contributed by atoms with Crippen LogP contribution in [0, 0.1) is 12.0 Å². The highest BCUT2D eigenvalue weighted by molar-refractivity contribution is 5.98. The van der Waals surface area contributed by atoms with Crippen LogP contribution in [0.15, 0.2) is 67.0 Å². The highest BCUT2D eigenvalue weighted by atomic mass is 16.5. The number of benzene rings is 2. The summed E-state index contributed by atoms with van der Waals surface area (Å²) in [5.74, 6) is -0.781. The lowest BCUT2D eigenvalue weighted by atomic mass is 9.57. The molecule has 1 aliphatic rings. The molecule has 1 aliphatic heterocycles. The Labute approximate surface area is 194 Å². The molecule has 2 heterocycles. The zero-order valence-electron chi connectivity index (χ0n) is 19.3. The van der Waals surface area contributed by atoms with Crippen LogP contribution in [-0.4, -0.2) is 22.3 Å². The molecule has 6 nitrogen and oxygen atoms in total. The zero-order valence-corrected chi connectivity index (χ0v) is 19.3. The highest BCUT2D eigenvalue weighted by Crippen LogP contribution is 2.54. The molecule has 2 atom stereocenters. The van der Waals surface area contributed by atoms with E-state index in [9.17, 15) is 9.59 Å². The van der Waals surface area contributed by atoms with Crippen molar-refractivity contribution in [3.63, 3.8) is 0 Å². The molecule has 2 aromatic carbocycles. The molecule has 2 N–H and O–H groups in total. The summed E-state index contributed by atoms with van der Waals surface area (Å²) in [5.41, 5.74) is 7.79. The van der Waals surface area contributed by atoms with Crippen molar-refractivity contribution in [1.82, 2.24) is 4.98 Å². The van der Waals surface area contributed by atoms with Gasteiger partial charge in [0, 0.05) is 36.9 Å². The molecule has 0 saturated heterocycles. The van der Waals surface area contributed by atoms with Crippen molar-refractivity contribution in [2.45, 2.75) is 45.3 Å². The van der Waals surface area contributed by atoms with Crippen LogP contribution in [0.5, 0.6) is 5.75 Å². The third-order valence-corrected chi connectivity index (χ3v) is 6.68.